The summed E-state index contributed by atoms with van der Waals surface area (Å²) in [4.78, 5) is 0. The maximum Gasteiger partial charge on any atom is 0.119 e. The molecule has 0 aliphatic rings. The van der Waals surface area contributed by atoms with Crippen LogP contribution in [0.5, 0.6) is 5.75 Å². The van der Waals surface area contributed by atoms with E-state index in [2.05, 4.69) is 34.1 Å². The van der Waals surface area contributed by atoms with Crippen molar-refractivity contribution in [3.05, 3.63) is 64.1 Å². The second-order valence-corrected chi connectivity index (χ2v) is 5.56. The van der Waals surface area contributed by atoms with Gasteiger partial charge in [0.1, 0.15) is 5.75 Å². The molecule has 0 aliphatic carbocycles. The van der Waals surface area contributed by atoms with E-state index in [9.17, 15) is 0 Å². The van der Waals surface area contributed by atoms with Gasteiger partial charge in [0.15, 0.2) is 0 Å². The Labute approximate surface area is 122 Å². The van der Waals surface area contributed by atoms with E-state index in [0.717, 1.165) is 23.1 Å². The van der Waals surface area contributed by atoms with Crippen LogP contribution in [0.15, 0.2) is 53.0 Å². The minimum Gasteiger partial charge on any atom is -0.497 e. The van der Waals surface area contributed by atoms with E-state index < -0.39 is 0 Å². The van der Waals surface area contributed by atoms with Crippen LogP contribution in [0.3, 0.4) is 0 Å². The lowest BCUT2D eigenvalue weighted by atomic mass is 10.00. The second kappa shape index (κ2) is 6.73. The highest BCUT2D eigenvalue weighted by Gasteiger charge is 2.06. The molecule has 0 saturated carbocycles. The zero-order valence-electron chi connectivity index (χ0n) is 11.0. The molecule has 0 fully saturated rings. The van der Waals surface area contributed by atoms with E-state index in [-0.39, 0.29) is 6.04 Å². The summed E-state index contributed by atoms with van der Waals surface area (Å²) in [6.45, 7) is 0. The van der Waals surface area contributed by atoms with Crippen LogP contribution in [-0.2, 0) is 12.8 Å². The van der Waals surface area contributed by atoms with Gasteiger partial charge in [-0.15, -0.1) is 0 Å². The zero-order valence-corrected chi connectivity index (χ0v) is 12.6. The SMILES string of the molecule is COc1cccc(CC(N)Cc2ccc(Br)cc2)c1. The number of halogens is 1. The lowest BCUT2D eigenvalue weighted by Gasteiger charge is -2.12. The Morgan fingerprint density at radius 1 is 1.05 bits per heavy atom. The Hall–Kier alpha value is -1.32. The lowest BCUT2D eigenvalue weighted by Crippen LogP contribution is -2.25. The van der Waals surface area contributed by atoms with Crippen molar-refractivity contribution in [2.45, 2.75) is 18.9 Å². The van der Waals surface area contributed by atoms with Gasteiger partial charge in [-0.2, -0.15) is 0 Å². The number of hydrogen-bond acceptors (Lipinski definition) is 2. The quantitative estimate of drug-likeness (QED) is 0.914. The third-order valence-electron chi connectivity index (χ3n) is 3.04. The molecule has 0 amide bonds. The van der Waals surface area contributed by atoms with Crippen LogP contribution in [0.2, 0.25) is 0 Å². The van der Waals surface area contributed by atoms with Crippen molar-refractivity contribution >= 4 is 15.9 Å². The molecule has 0 saturated heterocycles. The van der Waals surface area contributed by atoms with Gasteiger partial charge in [0.25, 0.3) is 0 Å². The summed E-state index contributed by atoms with van der Waals surface area (Å²) in [7, 11) is 1.68. The molecule has 0 spiro atoms. The van der Waals surface area contributed by atoms with Crippen molar-refractivity contribution in [2.24, 2.45) is 5.73 Å². The Balaban J connectivity index is 1.96. The van der Waals surface area contributed by atoms with Crippen LogP contribution in [-0.4, -0.2) is 13.2 Å². The first-order valence-electron chi connectivity index (χ1n) is 6.30. The molecular formula is C16H18BrNO. The van der Waals surface area contributed by atoms with Gasteiger partial charge in [0.05, 0.1) is 7.11 Å². The van der Waals surface area contributed by atoms with Crippen molar-refractivity contribution in [1.29, 1.82) is 0 Å². The molecule has 0 radical (unpaired) electrons. The topological polar surface area (TPSA) is 35.2 Å². The van der Waals surface area contributed by atoms with Gasteiger partial charge in [-0.1, -0.05) is 40.2 Å². The maximum absolute atomic E-state index is 6.21. The molecule has 2 aromatic rings. The molecule has 100 valence electrons. The van der Waals surface area contributed by atoms with Crippen LogP contribution in [0.1, 0.15) is 11.1 Å². The van der Waals surface area contributed by atoms with Crippen molar-refractivity contribution < 1.29 is 4.74 Å². The summed E-state index contributed by atoms with van der Waals surface area (Å²) in [6, 6.07) is 16.5. The molecule has 3 heteroatoms. The third kappa shape index (κ3) is 4.37. The Morgan fingerprint density at radius 3 is 2.42 bits per heavy atom. The Morgan fingerprint density at radius 2 is 1.74 bits per heavy atom. The second-order valence-electron chi connectivity index (χ2n) is 4.65. The number of hydrogen-bond donors (Lipinski definition) is 1. The Kier molecular flexibility index (Phi) is 5.00. The molecule has 1 unspecified atom stereocenters. The Bertz CT molecular complexity index is 525. The number of benzene rings is 2. The smallest absolute Gasteiger partial charge is 0.119 e. The van der Waals surface area contributed by atoms with Crippen molar-refractivity contribution in [3.8, 4) is 5.75 Å². The molecule has 2 aromatic carbocycles. The summed E-state index contributed by atoms with van der Waals surface area (Å²) in [5.41, 5.74) is 8.69. The predicted octanol–water partition coefficient (Wildman–Crippen LogP) is 3.57. The van der Waals surface area contributed by atoms with Crippen LogP contribution in [0, 0.1) is 0 Å². The standard InChI is InChI=1S/C16H18BrNO/c1-19-16-4-2-3-13(11-16)10-15(18)9-12-5-7-14(17)8-6-12/h2-8,11,15H,9-10,18H2,1H3. The molecule has 2 N–H and O–H groups in total. The van der Waals surface area contributed by atoms with E-state index in [4.69, 9.17) is 10.5 Å². The fraction of sp³-hybridized carbons (Fsp3) is 0.250. The highest BCUT2D eigenvalue weighted by Crippen LogP contribution is 2.16. The van der Waals surface area contributed by atoms with Crippen LogP contribution >= 0.6 is 15.9 Å². The largest absolute Gasteiger partial charge is 0.497 e. The molecule has 2 nitrogen and oxygen atoms in total. The molecule has 1 atom stereocenters. The predicted molar refractivity (Wildman–Crippen MR) is 82.5 cm³/mol. The number of nitrogens with two attached hydrogens (primary N) is 1. The average Bonchev–Trinajstić information content (AvgIpc) is 2.41. The van der Waals surface area contributed by atoms with E-state index in [1.807, 2.05) is 30.3 Å². The van der Waals surface area contributed by atoms with E-state index in [1.54, 1.807) is 7.11 Å². The monoisotopic (exact) mass is 319 g/mol. The van der Waals surface area contributed by atoms with Crippen molar-refractivity contribution in [3.63, 3.8) is 0 Å². The lowest BCUT2D eigenvalue weighted by molar-refractivity contribution is 0.414. The van der Waals surface area contributed by atoms with Gasteiger partial charge >= 0.3 is 0 Å². The van der Waals surface area contributed by atoms with E-state index in [0.29, 0.717) is 0 Å². The number of methoxy groups -OCH3 is 1. The van der Waals surface area contributed by atoms with Crippen LogP contribution < -0.4 is 10.5 Å². The first-order chi connectivity index (χ1) is 9.17. The van der Waals surface area contributed by atoms with Gasteiger partial charge in [-0.25, -0.2) is 0 Å². The van der Waals surface area contributed by atoms with Crippen molar-refractivity contribution in [1.82, 2.24) is 0 Å². The third-order valence-corrected chi connectivity index (χ3v) is 3.57. The van der Waals surface area contributed by atoms with Gasteiger partial charge in [0, 0.05) is 10.5 Å². The van der Waals surface area contributed by atoms with E-state index >= 15 is 0 Å². The first-order valence-corrected chi connectivity index (χ1v) is 7.09. The molecular weight excluding hydrogens is 302 g/mol. The minimum atomic E-state index is 0.119. The summed E-state index contributed by atoms with van der Waals surface area (Å²) in [5, 5.41) is 0. The van der Waals surface area contributed by atoms with Gasteiger partial charge < -0.3 is 10.5 Å². The van der Waals surface area contributed by atoms with Crippen LogP contribution in [0.4, 0.5) is 0 Å². The normalized spacial score (nSPS) is 12.2. The number of rotatable bonds is 5. The van der Waals surface area contributed by atoms with E-state index in [1.165, 1.54) is 11.1 Å². The van der Waals surface area contributed by atoms with Crippen molar-refractivity contribution in [2.75, 3.05) is 7.11 Å². The number of ether oxygens (including phenoxy) is 1. The van der Waals surface area contributed by atoms with Gasteiger partial charge in [-0.3, -0.25) is 0 Å². The molecule has 0 aliphatic heterocycles. The van der Waals surface area contributed by atoms with Gasteiger partial charge in [0.2, 0.25) is 0 Å². The van der Waals surface area contributed by atoms with Gasteiger partial charge in [-0.05, 0) is 48.2 Å². The molecule has 0 aromatic heterocycles. The van der Waals surface area contributed by atoms with Crippen LogP contribution in [0.25, 0.3) is 0 Å². The fourth-order valence-electron chi connectivity index (χ4n) is 2.10. The summed E-state index contributed by atoms with van der Waals surface area (Å²) in [6.07, 6.45) is 1.73. The maximum atomic E-state index is 6.21. The highest BCUT2D eigenvalue weighted by molar-refractivity contribution is 9.10. The molecule has 19 heavy (non-hydrogen) atoms. The average molecular weight is 320 g/mol. The molecule has 0 bridgehead atoms. The fourth-order valence-corrected chi connectivity index (χ4v) is 2.36. The zero-order chi connectivity index (χ0) is 13.7. The highest BCUT2D eigenvalue weighted by atomic mass is 79.9. The first kappa shape index (κ1) is 14.1. The summed E-state index contributed by atoms with van der Waals surface area (Å²) < 4.78 is 6.32. The molecule has 2 rings (SSSR count). The molecule has 0 heterocycles. The summed E-state index contributed by atoms with van der Waals surface area (Å²) >= 11 is 3.44. The minimum absolute atomic E-state index is 0.119. The summed E-state index contributed by atoms with van der Waals surface area (Å²) in [5.74, 6) is 0.883.